The number of ether oxygens (including phenoxy) is 2. The summed E-state index contributed by atoms with van der Waals surface area (Å²) in [5.74, 6) is -2.47. The molecule has 0 spiro atoms. The minimum atomic E-state index is -4.20. The van der Waals surface area contributed by atoms with Crippen LogP contribution in [-0.4, -0.2) is 24.2 Å². The van der Waals surface area contributed by atoms with Crippen molar-refractivity contribution in [2.75, 3.05) is 11.5 Å². The summed E-state index contributed by atoms with van der Waals surface area (Å²) in [5.41, 5.74) is 14.0. The fourth-order valence-electron chi connectivity index (χ4n) is 3.65. The normalized spacial score (nSPS) is 18.8. The molecule has 6 nitrogen and oxygen atoms in total. The first-order valence-electron chi connectivity index (χ1n) is 10.5. The summed E-state index contributed by atoms with van der Waals surface area (Å²) in [6.45, 7) is 0.0219. The molecular weight excluding hydrogens is 437 g/mol. The molecule has 0 aromatic heterocycles. The van der Waals surface area contributed by atoms with Crippen LogP contribution in [-0.2, 0) is 20.9 Å². The molecule has 33 heavy (non-hydrogen) atoms. The van der Waals surface area contributed by atoms with E-state index in [-0.39, 0.29) is 37.9 Å². The molecule has 0 saturated heterocycles. The monoisotopic (exact) mass is 462 g/mol. The Labute approximate surface area is 189 Å². The highest BCUT2D eigenvalue weighted by atomic mass is 19.4. The van der Waals surface area contributed by atoms with Crippen LogP contribution >= 0.6 is 0 Å². The molecule has 4 N–H and O–H groups in total. The average molecular weight is 462 g/mol. The molecule has 9 heteroatoms. The quantitative estimate of drug-likeness (QED) is 0.360. The average Bonchev–Trinajstić information content (AvgIpc) is 2.75. The van der Waals surface area contributed by atoms with Crippen molar-refractivity contribution in [3.8, 4) is 0 Å². The van der Waals surface area contributed by atoms with Crippen molar-refractivity contribution in [1.29, 1.82) is 0 Å². The number of alkyl halides is 3. The Hall–Kier alpha value is -3.49. The highest BCUT2D eigenvalue weighted by Crippen LogP contribution is 2.38. The Kier molecular flexibility index (Phi) is 7.63. The molecule has 1 saturated carbocycles. The summed E-state index contributed by atoms with van der Waals surface area (Å²) < 4.78 is 48.7. The van der Waals surface area contributed by atoms with Crippen LogP contribution < -0.4 is 11.5 Å². The van der Waals surface area contributed by atoms with E-state index in [1.807, 2.05) is 0 Å². The second kappa shape index (κ2) is 10.4. The molecule has 1 aliphatic carbocycles. The first-order chi connectivity index (χ1) is 15.6. The van der Waals surface area contributed by atoms with Gasteiger partial charge in [0.1, 0.15) is 12.7 Å². The third-order valence-corrected chi connectivity index (χ3v) is 5.39. The SMILES string of the molecule is Nc1cc(N)cc(COC(=O)C=Cc2ccc(C(=O)OC3CCC(C(F)(F)F)CC3)cc2)c1. The molecule has 1 aliphatic rings. The highest BCUT2D eigenvalue weighted by molar-refractivity contribution is 5.90. The van der Waals surface area contributed by atoms with Gasteiger partial charge in [0.15, 0.2) is 0 Å². The molecule has 3 rings (SSSR count). The number of nitrogens with two attached hydrogens (primary N) is 2. The predicted molar refractivity (Wildman–Crippen MR) is 118 cm³/mol. The van der Waals surface area contributed by atoms with E-state index in [4.69, 9.17) is 20.9 Å². The molecule has 0 unspecified atom stereocenters. The van der Waals surface area contributed by atoms with E-state index in [0.717, 1.165) is 0 Å². The van der Waals surface area contributed by atoms with Gasteiger partial charge in [-0.1, -0.05) is 12.1 Å². The van der Waals surface area contributed by atoms with Crippen molar-refractivity contribution in [3.63, 3.8) is 0 Å². The Bertz CT molecular complexity index is 991. The molecule has 1 fully saturated rings. The maximum Gasteiger partial charge on any atom is 0.391 e. The number of hydrogen-bond donors (Lipinski definition) is 2. The molecular formula is C24H25F3N2O4. The lowest BCUT2D eigenvalue weighted by Crippen LogP contribution is -2.31. The van der Waals surface area contributed by atoms with Crippen molar-refractivity contribution >= 4 is 29.4 Å². The van der Waals surface area contributed by atoms with Crippen LogP contribution in [0.3, 0.4) is 0 Å². The number of benzene rings is 2. The summed E-state index contributed by atoms with van der Waals surface area (Å²) in [6.07, 6.45) is -1.61. The Morgan fingerprint density at radius 1 is 0.970 bits per heavy atom. The molecule has 0 amide bonds. The van der Waals surface area contributed by atoms with Gasteiger partial charge in [-0.25, -0.2) is 9.59 Å². The lowest BCUT2D eigenvalue weighted by atomic mass is 9.87. The zero-order valence-electron chi connectivity index (χ0n) is 17.8. The van der Waals surface area contributed by atoms with Gasteiger partial charge in [-0.05, 0) is 73.2 Å². The molecule has 0 bridgehead atoms. The number of carbonyl (C=O) groups is 2. The fourth-order valence-corrected chi connectivity index (χ4v) is 3.65. The van der Waals surface area contributed by atoms with Gasteiger partial charge in [0.2, 0.25) is 0 Å². The number of nitrogen functional groups attached to an aromatic ring is 2. The van der Waals surface area contributed by atoms with E-state index in [0.29, 0.717) is 22.5 Å². The summed E-state index contributed by atoms with van der Waals surface area (Å²) in [6, 6.07) is 11.2. The van der Waals surface area contributed by atoms with Crippen molar-refractivity contribution in [2.45, 2.75) is 44.6 Å². The molecule has 2 aromatic carbocycles. The van der Waals surface area contributed by atoms with Gasteiger partial charge >= 0.3 is 18.1 Å². The van der Waals surface area contributed by atoms with Gasteiger partial charge in [0.05, 0.1) is 11.5 Å². The first-order valence-corrected chi connectivity index (χ1v) is 10.5. The minimum absolute atomic E-state index is 0.0219. The van der Waals surface area contributed by atoms with E-state index in [1.165, 1.54) is 24.3 Å². The Morgan fingerprint density at radius 2 is 1.58 bits per heavy atom. The largest absolute Gasteiger partial charge is 0.459 e. The number of halogens is 3. The zero-order valence-corrected chi connectivity index (χ0v) is 17.8. The lowest BCUT2D eigenvalue weighted by molar-refractivity contribution is -0.185. The zero-order chi connectivity index (χ0) is 24.0. The van der Waals surface area contributed by atoms with E-state index in [1.54, 1.807) is 30.3 Å². The molecule has 0 atom stereocenters. The number of hydrogen-bond acceptors (Lipinski definition) is 6. The molecule has 0 aliphatic heterocycles. The standard InChI is InChI=1S/C24H25F3N2O4/c25-24(26,27)18-6-8-21(9-7-18)33-23(31)17-4-1-15(2-5-17)3-10-22(30)32-14-16-11-19(28)13-20(29)12-16/h1-5,10-13,18,21H,6-9,14,28-29H2. The Balaban J connectivity index is 1.46. The topological polar surface area (TPSA) is 105 Å². The highest BCUT2D eigenvalue weighted by Gasteiger charge is 2.42. The molecule has 0 heterocycles. The van der Waals surface area contributed by atoms with Gasteiger partial charge in [0.25, 0.3) is 0 Å². The van der Waals surface area contributed by atoms with Crippen molar-refractivity contribution in [1.82, 2.24) is 0 Å². The minimum Gasteiger partial charge on any atom is -0.459 e. The van der Waals surface area contributed by atoms with Crippen LogP contribution in [0.4, 0.5) is 24.5 Å². The summed E-state index contributed by atoms with van der Waals surface area (Å²) >= 11 is 0. The van der Waals surface area contributed by atoms with Crippen LogP contribution in [0.1, 0.15) is 47.2 Å². The lowest BCUT2D eigenvalue weighted by Gasteiger charge is -2.29. The van der Waals surface area contributed by atoms with Gasteiger partial charge in [-0.3, -0.25) is 0 Å². The number of carbonyl (C=O) groups excluding carboxylic acids is 2. The molecule has 2 aromatic rings. The van der Waals surface area contributed by atoms with E-state index in [2.05, 4.69) is 0 Å². The van der Waals surface area contributed by atoms with Gasteiger partial charge < -0.3 is 20.9 Å². The van der Waals surface area contributed by atoms with Gasteiger partial charge in [0, 0.05) is 17.5 Å². The predicted octanol–water partition coefficient (Wildman–Crippen LogP) is 4.89. The van der Waals surface area contributed by atoms with Crippen molar-refractivity contribution in [2.24, 2.45) is 5.92 Å². The molecule has 0 radical (unpaired) electrons. The maximum atomic E-state index is 12.7. The summed E-state index contributed by atoms with van der Waals surface area (Å²) in [4.78, 5) is 24.2. The second-order valence-electron chi connectivity index (χ2n) is 7.99. The summed E-state index contributed by atoms with van der Waals surface area (Å²) in [5, 5.41) is 0. The van der Waals surface area contributed by atoms with Gasteiger partial charge in [-0.2, -0.15) is 13.2 Å². The first kappa shape index (κ1) is 24.2. The third-order valence-electron chi connectivity index (χ3n) is 5.39. The third kappa shape index (κ3) is 7.27. The van der Waals surface area contributed by atoms with Crippen LogP contribution in [0.2, 0.25) is 0 Å². The second-order valence-corrected chi connectivity index (χ2v) is 7.99. The van der Waals surface area contributed by atoms with Crippen LogP contribution in [0, 0.1) is 5.92 Å². The van der Waals surface area contributed by atoms with Crippen LogP contribution in [0.5, 0.6) is 0 Å². The van der Waals surface area contributed by atoms with Crippen LogP contribution in [0.15, 0.2) is 48.5 Å². The van der Waals surface area contributed by atoms with Crippen molar-refractivity contribution in [3.05, 3.63) is 65.2 Å². The van der Waals surface area contributed by atoms with E-state index >= 15 is 0 Å². The smallest absolute Gasteiger partial charge is 0.391 e. The number of esters is 2. The van der Waals surface area contributed by atoms with Crippen molar-refractivity contribution < 1.29 is 32.2 Å². The molecule has 176 valence electrons. The Morgan fingerprint density at radius 3 is 2.15 bits per heavy atom. The van der Waals surface area contributed by atoms with E-state index in [9.17, 15) is 22.8 Å². The van der Waals surface area contributed by atoms with Gasteiger partial charge in [-0.15, -0.1) is 0 Å². The van der Waals surface area contributed by atoms with Crippen LogP contribution in [0.25, 0.3) is 6.08 Å². The maximum absolute atomic E-state index is 12.7. The number of rotatable bonds is 6. The number of anilines is 2. The summed E-state index contributed by atoms with van der Waals surface area (Å²) in [7, 11) is 0. The van der Waals surface area contributed by atoms with E-state index < -0.39 is 30.1 Å². The fraction of sp³-hybridized carbons (Fsp3) is 0.333.